The van der Waals surface area contributed by atoms with Crippen molar-refractivity contribution in [3.63, 3.8) is 0 Å². The zero-order chi connectivity index (χ0) is 8.27. The number of likely N-dealkylation sites (tertiary alicyclic amines) is 1. The van der Waals surface area contributed by atoms with Gasteiger partial charge in [-0.05, 0) is 26.0 Å². The summed E-state index contributed by atoms with van der Waals surface area (Å²) < 4.78 is 0. The van der Waals surface area contributed by atoms with Crippen LogP contribution in [0.25, 0.3) is 0 Å². The maximum Gasteiger partial charge on any atom is 0.326 e. The first kappa shape index (κ1) is 8.11. The molecule has 0 aromatic rings. The molecular weight excluding hydrogens is 142 g/mol. The molecule has 1 fully saturated rings. The van der Waals surface area contributed by atoms with Crippen molar-refractivity contribution in [2.75, 3.05) is 6.54 Å². The topological polar surface area (TPSA) is 40.5 Å². The smallest absolute Gasteiger partial charge is 0.326 e. The molecule has 1 aliphatic heterocycles. The molecule has 0 spiro atoms. The van der Waals surface area contributed by atoms with Crippen LogP contribution < -0.4 is 0 Å². The van der Waals surface area contributed by atoms with Crippen LogP contribution in [0.15, 0.2) is 12.3 Å². The Morgan fingerprint density at radius 3 is 3.00 bits per heavy atom. The lowest BCUT2D eigenvalue weighted by Gasteiger charge is -2.17. The van der Waals surface area contributed by atoms with Crippen molar-refractivity contribution in [2.45, 2.75) is 25.8 Å². The quantitative estimate of drug-likeness (QED) is 0.648. The standard InChI is InChI=1S/C8H13NO2/c1-2-5-9-6-3-4-7(9)8(10)11/h2,5,7H,3-4,6H2,1H3,(H,10,11)/b5-2+/t7-/m0/s1. The fourth-order valence-corrected chi connectivity index (χ4v) is 1.42. The van der Waals surface area contributed by atoms with Crippen LogP contribution in [-0.2, 0) is 4.79 Å². The summed E-state index contributed by atoms with van der Waals surface area (Å²) in [5, 5.41) is 8.73. The predicted molar refractivity (Wildman–Crippen MR) is 42.2 cm³/mol. The molecule has 0 bridgehead atoms. The van der Waals surface area contributed by atoms with Crippen molar-refractivity contribution < 1.29 is 9.90 Å². The van der Waals surface area contributed by atoms with E-state index >= 15 is 0 Å². The largest absolute Gasteiger partial charge is 0.480 e. The average molecular weight is 155 g/mol. The molecule has 1 atom stereocenters. The summed E-state index contributed by atoms with van der Waals surface area (Å²) in [4.78, 5) is 12.5. The van der Waals surface area contributed by atoms with Crippen LogP contribution in [0.1, 0.15) is 19.8 Å². The second kappa shape index (κ2) is 3.42. The number of nitrogens with zero attached hydrogens (tertiary/aromatic N) is 1. The van der Waals surface area contributed by atoms with E-state index in [1.165, 1.54) is 0 Å². The van der Waals surface area contributed by atoms with E-state index < -0.39 is 5.97 Å². The highest BCUT2D eigenvalue weighted by molar-refractivity contribution is 5.74. The first-order valence-electron chi connectivity index (χ1n) is 3.87. The van der Waals surface area contributed by atoms with Crippen LogP contribution in [0.2, 0.25) is 0 Å². The van der Waals surface area contributed by atoms with Crippen molar-refractivity contribution in [3.05, 3.63) is 12.3 Å². The van der Waals surface area contributed by atoms with Gasteiger partial charge >= 0.3 is 5.97 Å². The fraction of sp³-hybridized carbons (Fsp3) is 0.625. The highest BCUT2D eigenvalue weighted by Crippen LogP contribution is 2.17. The number of carboxylic acids is 1. The molecule has 0 saturated carbocycles. The molecule has 0 amide bonds. The lowest BCUT2D eigenvalue weighted by Crippen LogP contribution is -2.31. The first-order valence-corrected chi connectivity index (χ1v) is 3.87. The third kappa shape index (κ3) is 1.73. The van der Waals surface area contributed by atoms with Gasteiger partial charge in [0.05, 0.1) is 0 Å². The van der Waals surface area contributed by atoms with Crippen LogP contribution >= 0.6 is 0 Å². The number of carbonyl (C=O) groups is 1. The van der Waals surface area contributed by atoms with Crippen LogP contribution in [0.3, 0.4) is 0 Å². The van der Waals surface area contributed by atoms with Crippen LogP contribution in [0.4, 0.5) is 0 Å². The van der Waals surface area contributed by atoms with Gasteiger partial charge < -0.3 is 10.0 Å². The third-order valence-electron chi connectivity index (χ3n) is 1.92. The van der Waals surface area contributed by atoms with Crippen molar-refractivity contribution in [1.29, 1.82) is 0 Å². The Kier molecular flexibility index (Phi) is 2.52. The van der Waals surface area contributed by atoms with Gasteiger partial charge in [-0.15, -0.1) is 0 Å². The lowest BCUT2D eigenvalue weighted by molar-refractivity contribution is -0.141. The molecule has 11 heavy (non-hydrogen) atoms. The van der Waals surface area contributed by atoms with Gasteiger partial charge in [-0.25, -0.2) is 4.79 Å². The Morgan fingerprint density at radius 2 is 2.45 bits per heavy atom. The molecule has 3 nitrogen and oxygen atoms in total. The third-order valence-corrected chi connectivity index (χ3v) is 1.92. The highest BCUT2D eigenvalue weighted by atomic mass is 16.4. The normalized spacial score (nSPS) is 24.8. The second-order valence-corrected chi connectivity index (χ2v) is 2.72. The van der Waals surface area contributed by atoms with Gasteiger partial charge in [-0.3, -0.25) is 0 Å². The molecular formula is C8H13NO2. The second-order valence-electron chi connectivity index (χ2n) is 2.72. The number of allylic oxidation sites excluding steroid dienone is 1. The summed E-state index contributed by atoms with van der Waals surface area (Å²) in [7, 11) is 0. The Bertz CT molecular complexity index is 177. The van der Waals surface area contributed by atoms with Crippen LogP contribution in [-0.4, -0.2) is 28.6 Å². The van der Waals surface area contributed by atoms with Crippen molar-refractivity contribution in [1.82, 2.24) is 4.90 Å². The SMILES string of the molecule is C/C=C/N1CCC[C@H]1C(=O)O. The molecule has 1 aliphatic rings. The Hall–Kier alpha value is -0.990. The average Bonchev–Trinajstić information content (AvgIpc) is 2.36. The summed E-state index contributed by atoms with van der Waals surface area (Å²) >= 11 is 0. The number of hydrogen-bond donors (Lipinski definition) is 1. The van der Waals surface area contributed by atoms with E-state index in [9.17, 15) is 4.79 Å². The van der Waals surface area contributed by atoms with E-state index in [0.29, 0.717) is 0 Å². The van der Waals surface area contributed by atoms with E-state index in [0.717, 1.165) is 19.4 Å². The van der Waals surface area contributed by atoms with Crippen molar-refractivity contribution >= 4 is 5.97 Å². The molecule has 0 aliphatic carbocycles. The van der Waals surface area contributed by atoms with Gasteiger partial charge in [-0.2, -0.15) is 0 Å². The summed E-state index contributed by atoms with van der Waals surface area (Å²) in [6.07, 6.45) is 5.49. The highest BCUT2D eigenvalue weighted by Gasteiger charge is 2.27. The molecule has 0 aromatic carbocycles. The summed E-state index contributed by atoms with van der Waals surface area (Å²) in [5.41, 5.74) is 0. The molecule has 0 radical (unpaired) electrons. The van der Waals surface area contributed by atoms with Crippen LogP contribution in [0.5, 0.6) is 0 Å². The zero-order valence-electron chi connectivity index (χ0n) is 6.66. The number of carboxylic acid groups (broad SMARTS) is 1. The summed E-state index contributed by atoms with van der Waals surface area (Å²) in [6, 6.07) is -0.286. The number of rotatable bonds is 2. The molecule has 62 valence electrons. The fourth-order valence-electron chi connectivity index (χ4n) is 1.42. The van der Waals surface area contributed by atoms with E-state index in [4.69, 9.17) is 5.11 Å². The Labute approximate surface area is 66.3 Å². The summed E-state index contributed by atoms with van der Waals surface area (Å²) in [5.74, 6) is -0.708. The van der Waals surface area contributed by atoms with E-state index in [2.05, 4.69) is 0 Å². The Morgan fingerprint density at radius 1 is 1.73 bits per heavy atom. The predicted octanol–water partition coefficient (Wildman–Crippen LogP) is 1.07. The van der Waals surface area contributed by atoms with Crippen molar-refractivity contribution in [3.8, 4) is 0 Å². The summed E-state index contributed by atoms with van der Waals surface area (Å²) in [6.45, 7) is 2.78. The van der Waals surface area contributed by atoms with E-state index in [-0.39, 0.29) is 6.04 Å². The molecule has 1 saturated heterocycles. The van der Waals surface area contributed by atoms with Gasteiger partial charge in [0.25, 0.3) is 0 Å². The van der Waals surface area contributed by atoms with E-state index in [1.807, 2.05) is 24.1 Å². The van der Waals surface area contributed by atoms with Crippen molar-refractivity contribution in [2.24, 2.45) is 0 Å². The first-order chi connectivity index (χ1) is 5.25. The minimum absolute atomic E-state index is 0.286. The monoisotopic (exact) mass is 155 g/mol. The molecule has 3 heteroatoms. The molecule has 1 heterocycles. The Balaban J connectivity index is 2.57. The van der Waals surface area contributed by atoms with Gasteiger partial charge in [0.1, 0.15) is 6.04 Å². The number of hydrogen-bond acceptors (Lipinski definition) is 2. The zero-order valence-corrected chi connectivity index (χ0v) is 6.66. The number of aliphatic carboxylic acids is 1. The van der Waals surface area contributed by atoms with Gasteiger partial charge in [-0.1, -0.05) is 6.08 Å². The minimum atomic E-state index is -0.708. The van der Waals surface area contributed by atoms with Crippen LogP contribution in [0, 0.1) is 0 Å². The molecule has 0 aromatic heterocycles. The van der Waals surface area contributed by atoms with Gasteiger partial charge in [0, 0.05) is 6.54 Å². The molecule has 1 N–H and O–H groups in total. The van der Waals surface area contributed by atoms with Gasteiger partial charge in [0.15, 0.2) is 0 Å². The lowest BCUT2D eigenvalue weighted by atomic mass is 10.2. The van der Waals surface area contributed by atoms with E-state index in [1.54, 1.807) is 0 Å². The molecule has 1 rings (SSSR count). The van der Waals surface area contributed by atoms with Gasteiger partial charge in [0.2, 0.25) is 0 Å². The maximum absolute atomic E-state index is 10.6. The molecule has 0 unspecified atom stereocenters. The minimum Gasteiger partial charge on any atom is -0.480 e. The maximum atomic E-state index is 10.6.